The van der Waals surface area contributed by atoms with Gasteiger partial charge in [-0.05, 0) is 39.2 Å². The lowest BCUT2D eigenvalue weighted by molar-refractivity contribution is 0.320. The van der Waals surface area contributed by atoms with Gasteiger partial charge in [0.2, 0.25) is 0 Å². The van der Waals surface area contributed by atoms with E-state index in [4.69, 9.17) is 0 Å². The van der Waals surface area contributed by atoms with Crippen molar-refractivity contribution >= 4 is 5.65 Å². The van der Waals surface area contributed by atoms with E-state index in [2.05, 4.69) is 22.3 Å². The number of nitrogens with zero attached hydrogens (tertiary/aromatic N) is 2. The highest BCUT2D eigenvalue weighted by atomic mass is 16.1. The molecule has 2 atom stereocenters. The van der Waals surface area contributed by atoms with Gasteiger partial charge in [0, 0.05) is 17.3 Å². The van der Waals surface area contributed by atoms with Crippen LogP contribution >= 0.6 is 0 Å². The lowest BCUT2D eigenvalue weighted by Crippen LogP contribution is -2.31. The van der Waals surface area contributed by atoms with Crippen LogP contribution < -0.4 is 10.9 Å². The van der Waals surface area contributed by atoms with Crippen LogP contribution in [0.2, 0.25) is 0 Å². The number of rotatable bonds is 1. The molecule has 3 rings (SSSR count). The van der Waals surface area contributed by atoms with Gasteiger partial charge in [-0.15, -0.1) is 0 Å². The predicted octanol–water partition coefficient (Wildman–Crippen LogP) is 1.70. The van der Waals surface area contributed by atoms with E-state index < -0.39 is 0 Å². The van der Waals surface area contributed by atoms with Gasteiger partial charge in [-0.25, -0.2) is 0 Å². The Balaban J connectivity index is 2.07. The van der Waals surface area contributed by atoms with Crippen LogP contribution in [0.3, 0.4) is 0 Å². The number of fused-ring (bicyclic) bond motifs is 1. The van der Waals surface area contributed by atoms with Gasteiger partial charge < -0.3 is 10.3 Å². The Hall–Kier alpha value is -1.62. The van der Waals surface area contributed by atoms with Crippen LogP contribution in [0.15, 0.2) is 10.9 Å². The van der Waals surface area contributed by atoms with Gasteiger partial charge in [0.25, 0.3) is 5.56 Å². The second kappa shape index (κ2) is 4.49. The zero-order chi connectivity index (χ0) is 13.6. The number of aromatic nitrogens is 3. The first kappa shape index (κ1) is 12.4. The molecule has 102 valence electrons. The Labute approximate surface area is 112 Å². The molecular weight excluding hydrogens is 240 g/mol. The van der Waals surface area contributed by atoms with Crippen molar-refractivity contribution < 1.29 is 0 Å². The molecule has 0 aliphatic carbocycles. The van der Waals surface area contributed by atoms with Crippen molar-refractivity contribution in [2.75, 3.05) is 6.54 Å². The zero-order valence-electron chi connectivity index (χ0n) is 11.7. The highest BCUT2D eigenvalue weighted by Crippen LogP contribution is 2.26. The monoisotopic (exact) mass is 260 g/mol. The molecule has 0 saturated carbocycles. The smallest absolute Gasteiger partial charge is 0.277 e. The van der Waals surface area contributed by atoms with E-state index in [1.807, 2.05) is 19.9 Å². The summed E-state index contributed by atoms with van der Waals surface area (Å²) in [5.74, 6) is 0.704. The summed E-state index contributed by atoms with van der Waals surface area (Å²) in [6.45, 7) is 7.04. The normalized spacial score (nSPS) is 23.9. The highest BCUT2D eigenvalue weighted by molar-refractivity contribution is 5.42. The quantitative estimate of drug-likeness (QED) is 0.820. The van der Waals surface area contributed by atoms with E-state index in [1.54, 1.807) is 0 Å². The summed E-state index contributed by atoms with van der Waals surface area (Å²) in [4.78, 5) is 15.4. The molecule has 0 aromatic carbocycles. The van der Waals surface area contributed by atoms with Crippen LogP contribution in [0, 0.1) is 19.8 Å². The fourth-order valence-electron chi connectivity index (χ4n) is 2.75. The number of nitrogens with one attached hydrogen (secondary N) is 2. The minimum atomic E-state index is -0.0265. The Kier molecular flexibility index (Phi) is 2.93. The molecule has 5 heteroatoms. The molecular formula is C14H20N4O. The Morgan fingerprint density at radius 2 is 2.21 bits per heavy atom. The van der Waals surface area contributed by atoms with Crippen molar-refractivity contribution in [2.24, 2.45) is 5.92 Å². The average Bonchev–Trinajstić information content (AvgIpc) is 2.80. The third kappa shape index (κ3) is 2.08. The van der Waals surface area contributed by atoms with Gasteiger partial charge in [0.15, 0.2) is 0 Å². The third-order valence-electron chi connectivity index (χ3n) is 4.14. The van der Waals surface area contributed by atoms with E-state index >= 15 is 0 Å². The maximum atomic E-state index is 12.2. The van der Waals surface area contributed by atoms with Gasteiger partial charge in [-0.3, -0.25) is 4.79 Å². The number of hydrogen-bond donors (Lipinski definition) is 2. The van der Waals surface area contributed by atoms with E-state index in [0.717, 1.165) is 35.6 Å². The van der Waals surface area contributed by atoms with Gasteiger partial charge in [0.1, 0.15) is 5.65 Å². The third-order valence-corrected chi connectivity index (χ3v) is 4.14. The molecule has 1 aliphatic heterocycles. The maximum absolute atomic E-state index is 12.2. The summed E-state index contributed by atoms with van der Waals surface area (Å²) in [6, 6.07) is 2.25. The molecule has 2 aromatic heterocycles. The SMILES string of the molecule is Cc1[nH]c2cc(C3CC(C)CCN3)nn2c(=O)c1C. The molecule has 0 amide bonds. The lowest BCUT2D eigenvalue weighted by Gasteiger charge is -2.26. The Morgan fingerprint density at radius 1 is 1.42 bits per heavy atom. The summed E-state index contributed by atoms with van der Waals surface area (Å²) in [5.41, 5.74) is 3.36. The number of aryl methyl sites for hydroxylation is 1. The van der Waals surface area contributed by atoms with E-state index in [1.165, 1.54) is 10.9 Å². The minimum absolute atomic E-state index is 0.0265. The standard InChI is InChI=1S/C14H20N4O/c1-8-4-5-15-11(6-8)12-7-13-16-10(3)9(2)14(19)18(13)17-12/h7-8,11,15-16H,4-6H2,1-3H3. The molecule has 0 spiro atoms. The van der Waals surface area contributed by atoms with Crippen LogP contribution in [-0.4, -0.2) is 21.1 Å². The van der Waals surface area contributed by atoms with E-state index in [-0.39, 0.29) is 11.6 Å². The van der Waals surface area contributed by atoms with Crippen LogP contribution in [-0.2, 0) is 0 Å². The fraction of sp³-hybridized carbons (Fsp3) is 0.571. The summed E-state index contributed by atoms with van der Waals surface area (Å²) < 4.78 is 1.48. The largest absolute Gasteiger partial charge is 0.343 e. The molecule has 1 saturated heterocycles. The molecule has 0 radical (unpaired) electrons. The Morgan fingerprint density at radius 3 is 2.95 bits per heavy atom. The molecule has 5 nitrogen and oxygen atoms in total. The first-order valence-corrected chi connectivity index (χ1v) is 6.89. The van der Waals surface area contributed by atoms with Crippen LogP contribution in [0.4, 0.5) is 0 Å². The molecule has 1 fully saturated rings. The summed E-state index contributed by atoms with van der Waals surface area (Å²) in [5, 5.41) is 7.97. The number of piperidine rings is 1. The Bertz CT molecular complexity index is 670. The number of H-pyrrole nitrogens is 1. The van der Waals surface area contributed by atoms with Crippen LogP contribution in [0.1, 0.15) is 42.8 Å². The minimum Gasteiger partial charge on any atom is -0.343 e. The van der Waals surface area contributed by atoms with E-state index in [9.17, 15) is 4.79 Å². The zero-order valence-corrected chi connectivity index (χ0v) is 11.7. The molecule has 3 heterocycles. The van der Waals surface area contributed by atoms with Crippen molar-refractivity contribution in [1.29, 1.82) is 0 Å². The molecule has 2 aromatic rings. The summed E-state index contributed by atoms with van der Waals surface area (Å²) >= 11 is 0. The van der Waals surface area contributed by atoms with Crippen molar-refractivity contribution in [3.63, 3.8) is 0 Å². The second-order valence-corrected chi connectivity index (χ2v) is 5.68. The van der Waals surface area contributed by atoms with Gasteiger partial charge in [-0.1, -0.05) is 6.92 Å². The van der Waals surface area contributed by atoms with Crippen molar-refractivity contribution in [1.82, 2.24) is 19.9 Å². The van der Waals surface area contributed by atoms with Gasteiger partial charge >= 0.3 is 0 Å². The van der Waals surface area contributed by atoms with Gasteiger partial charge in [0.05, 0.1) is 11.7 Å². The number of hydrogen-bond acceptors (Lipinski definition) is 3. The molecule has 2 unspecified atom stereocenters. The van der Waals surface area contributed by atoms with Crippen LogP contribution in [0.5, 0.6) is 0 Å². The second-order valence-electron chi connectivity index (χ2n) is 5.68. The molecule has 1 aliphatic rings. The summed E-state index contributed by atoms with van der Waals surface area (Å²) in [7, 11) is 0. The van der Waals surface area contributed by atoms with Crippen molar-refractivity contribution in [3.05, 3.63) is 33.4 Å². The fourth-order valence-corrected chi connectivity index (χ4v) is 2.75. The maximum Gasteiger partial charge on any atom is 0.277 e. The highest BCUT2D eigenvalue weighted by Gasteiger charge is 2.22. The topological polar surface area (TPSA) is 62.2 Å². The first-order valence-electron chi connectivity index (χ1n) is 6.89. The van der Waals surface area contributed by atoms with Crippen molar-refractivity contribution in [3.8, 4) is 0 Å². The number of aromatic amines is 1. The lowest BCUT2D eigenvalue weighted by atomic mass is 9.93. The molecule has 19 heavy (non-hydrogen) atoms. The van der Waals surface area contributed by atoms with Gasteiger partial charge in [-0.2, -0.15) is 9.61 Å². The van der Waals surface area contributed by atoms with E-state index in [0.29, 0.717) is 5.92 Å². The molecule has 2 N–H and O–H groups in total. The summed E-state index contributed by atoms with van der Waals surface area (Å²) in [6.07, 6.45) is 2.29. The predicted molar refractivity (Wildman–Crippen MR) is 74.4 cm³/mol. The first-order chi connectivity index (χ1) is 9.06. The van der Waals surface area contributed by atoms with Crippen LogP contribution in [0.25, 0.3) is 5.65 Å². The van der Waals surface area contributed by atoms with Crippen molar-refractivity contribution in [2.45, 2.75) is 39.7 Å². The average molecular weight is 260 g/mol. The molecule has 0 bridgehead atoms.